The molecule has 0 radical (unpaired) electrons. The number of nitrogens with zero attached hydrogens (tertiary/aromatic N) is 3. The van der Waals surface area contributed by atoms with Crippen LogP contribution in [-0.4, -0.2) is 89.4 Å². The number of aromatic nitrogens is 4. The molecule has 1 unspecified atom stereocenters. The minimum absolute atomic E-state index is 0.0135. The van der Waals surface area contributed by atoms with Crippen molar-refractivity contribution in [2.24, 2.45) is 5.92 Å². The van der Waals surface area contributed by atoms with E-state index in [1.165, 1.54) is 18.0 Å². The zero-order valence-electron chi connectivity index (χ0n) is 29.6. The third-order valence-electron chi connectivity index (χ3n) is 9.20. The van der Waals surface area contributed by atoms with E-state index in [0.29, 0.717) is 28.2 Å². The lowest BCUT2D eigenvalue weighted by atomic mass is 9.79. The molecule has 1 aliphatic heterocycles. The van der Waals surface area contributed by atoms with E-state index in [-0.39, 0.29) is 36.1 Å². The number of aromatic amines is 1. The molecule has 3 heterocycles. The summed E-state index contributed by atoms with van der Waals surface area (Å²) in [6.07, 6.45) is -4.86. The number of rotatable bonds is 15. The Morgan fingerprint density at radius 3 is 2.10 bits per heavy atom. The second kappa shape index (κ2) is 15.6. The van der Waals surface area contributed by atoms with Gasteiger partial charge in [-0.05, 0) is 41.0 Å². The molecule has 0 saturated carbocycles. The summed E-state index contributed by atoms with van der Waals surface area (Å²) < 4.78 is 37.7. The van der Waals surface area contributed by atoms with Crippen LogP contribution in [0.15, 0.2) is 90.0 Å². The molecule has 1 aliphatic rings. The number of hydrogen-bond donors (Lipinski definition) is 3. The monoisotopic (exact) mass is 713 g/mol. The molecule has 1 fully saturated rings. The van der Waals surface area contributed by atoms with Crippen molar-refractivity contribution in [2.75, 3.05) is 40.3 Å². The molecule has 14 nitrogen and oxygen atoms in total. The van der Waals surface area contributed by atoms with Crippen LogP contribution in [0.3, 0.4) is 0 Å². The Morgan fingerprint density at radius 2 is 1.54 bits per heavy atom. The van der Waals surface area contributed by atoms with Crippen LogP contribution in [0.5, 0.6) is 11.5 Å². The molecule has 0 spiro atoms. The van der Waals surface area contributed by atoms with Crippen LogP contribution in [0.25, 0.3) is 11.2 Å². The summed E-state index contributed by atoms with van der Waals surface area (Å²) >= 11 is 0. The second-order valence-electron chi connectivity index (χ2n) is 12.7. The number of imidazole rings is 1. The van der Waals surface area contributed by atoms with Gasteiger partial charge in [-0.2, -0.15) is 4.98 Å². The van der Waals surface area contributed by atoms with Gasteiger partial charge in [-0.25, -0.2) is 4.98 Å². The molecular formula is C38H43N5O9. The van der Waals surface area contributed by atoms with Gasteiger partial charge >= 0.3 is 0 Å². The zero-order chi connectivity index (χ0) is 37.0. The highest BCUT2D eigenvalue weighted by molar-refractivity contribution is 5.86. The van der Waals surface area contributed by atoms with Gasteiger partial charge in [0, 0.05) is 13.0 Å². The van der Waals surface area contributed by atoms with Crippen molar-refractivity contribution in [1.82, 2.24) is 19.5 Å². The van der Waals surface area contributed by atoms with Crippen molar-refractivity contribution in [3.05, 3.63) is 112 Å². The number of anilines is 1. The van der Waals surface area contributed by atoms with E-state index in [2.05, 4.69) is 15.0 Å². The predicted molar refractivity (Wildman–Crippen MR) is 191 cm³/mol. The molecule has 0 aliphatic carbocycles. The Kier molecular flexibility index (Phi) is 11.0. The summed E-state index contributed by atoms with van der Waals surface area (Å²) in [7, 11) is 4.70. The molecule has 14 heteroatoms. The van der Waals surface area contributed by atoms with Gasteiger partial charge in [0.1, 0.15) is 41.5 Å². The minimum atomic E-state index is -1.42. The van der Waals surface area contributed by atoms with E-state index in [0.717, 1.165) is 0 Å². The smallest absolute Gasteiger partial charge is 0.280 e. The third kappa shape index (κ3) is 6.90. The number of fused-ring (bicyclic) bond motifs is 1. The number of nitrogens with one attached hydrogen (secondary N) is 1. The number of ketones is 1. The molecule has 0 amide bonds. The molecular weight excluding hydrogens is 670 g/mol. The van der Waals surface area contributed by atoms with Crippen LogP contribution in [0.4, 0.5) is 5.95 Å². The molecule has 2 aromatic heterocycles. The molecule has 5 aromatic rings. The van der Waals surface area contributed by atoms with Crippen LogP contribution in [0.2, 0.25) is 0 Å². The van der Waals surface area contributed by atoms with E-state index < -0.39 is 47.7 Å². The molecule has 274 valence electrons. The molecule has 0 bridgehead atoms. The van der Waals surface area contributed by atoms with Crippen LogP contribution in [0.1, 0.15) is 36.8 Å². The summed E-state index contributed by atoms with van der Waals surface area (Å²) in [6.45, 7) is 3.82. The van der Waals surface area contributed by atoms with E-state index in [9.17, 15) is 14.7 Å². The lowest BCUT2D eigenvalue weighted by molar-refractivity contribution is -0.168. The fourth-order valence-electron chi connectivity index (χ4n) is 6.56. The number of aliphatic hydroxyl groups excluding tert-OH is 1. The quantitative estimate of drug-likeness (QED) is 0.106. The Morgan fingerprint density at radius 1 is 0.942 bits per heavy atom. The first-order chi connectivity index (χ1) is 25.1. The van der Waals surface area contributed by atoms with E-state index in [1.807, 2.05) is 78.9 Å². The number of Topliss-reactive ketones (excluding diaryl/α,β-unsaturated/α-hetero) is 1. The van der Waals surface area contributed by atoms with Gasteiger partial charge in [0.05, 0.1) is 33.8 Å². The number of ether oxygens (including phenoxy) is 6. The van der Waals surface area contributed by atoms with Crippen LogP contribution in [0, 0.1) is 5.92 Å². The highest BCUT2D eigenvalue weighted by Gasteiger charge is 2.54. The maximum atomic E-state index is 14.5. The molecule has 5 atom stereocenters. The number of H-pyrrole nitrogens is 1. The fraction of sp³-hybridized carbons (Fsp3) is 0.368. The predicted octanol–water partition coefficient (Wildman–Crippen LogP) is 3.61. The number of hydrogen-bond acceptors (Lipinski definition) is 12. The summed E-state index contributed by atoms with van der Waals surface area (Å²) in [5.41, 5.74) is 6.14. The maximum absolute atomic E-state index is 14.5. The highest BCUT2D eigenvalue weighted by atomic mass is 16.6. The van der Waals surface area contributed by atoms with Gasteiger partial charge in [0.25, 0.3) is 5.56 Å². The van der Waals surface area contributed by atoms with Gasteiger partial charge in [-0.1, -0.05) is 68.4 Å². The topological polar surface area (TPSA) is 182 Å². The van der Waals surface area contributed by atoms with E-state index in [4.69, 9.17) is 34.2 Å². The maximum Gasteiger partial charge on any atom is 0.280 e. The summed E-state index contributed by atoms with van der Waals surface area (Å²) in [5.74, 6) is 0.265. The van der Waals surface area contributed by atoms with Gasteiger partial charge in [0.15, 0.2) is 23.2 Å². The van der Waals surface area contributed by atoms with Crippen molar-refractivity contribution < 1.29 is 38.3 Å². The average Bonchev–Trinajstić information content (AvgIpc) is 3.73. The SMILES string of the molecule is COCCO[C@@H]1[C@H](O)[C@@H](C(OC(c2ccccc2)(c2ccc(OC)cc2)c2ccc(OC)cc2)C(=O)C(C)C)O[C@H]1n1cnc2c(=O)[nH]c(N)nc21. The Balaban J connectivity index is 1.53. The second-order valence-corrected chi connectivity index (χ2v) is 12.7. The number of methoxy groups -OCH3 is 3. The molecule has 6 rings (SSSR count). The van der Waals surface area contributed by atoms with Gasteiger partial charge < -0.3 is 39.3 Å². The van der Waals surface area contributed by atoms with Gasteiger partial charge in [0.2, 0.25) is 5.95 Å². The average molecular weight is 714 g/mol. The largest absolute Gasteiger partial charge is 0.497 e. The van der Waals surface area contributed by atoms with Gasteiger partial charge in [-0.15, -0.1) is 0 Å². The van der Waals surface area contributed by atoms with E-state index >= 15 is 0 Å². The van der Waals surface area contributed by atoms with Crippen LogP contribution < -0.4 is 20.8 Å². The normalized spacial score (nSPS) is 19.6. The first-order valence-corrected chi connectivity index (χ1v) is 16.9. The first kappa shape index (κ1) is 36.7. The Hall–Kier alpha value is -5.12. The molecule has 3 aromatic carbocycles. The number of nitrogen functional groups attached to an aromatic ring is 1. The van der Waals surface area contributed by atoms with Crippen LogP contribution in [-0.2, 0) is 29.3 Å². The summed E-state index contributed by atoms with van der Waals surface area (Å²) in [5, 5.41) is 12.1. The number of benzene rings is 3. The van der Waals surface area contributed by atoms with Crippen LogP contribution >= 0.6 is 0 Å². The molecule has 4 N–H and O–H groups in total. The summed E-state index contributed by atoms with van der Waals surface area (Å²) in [4.78, 5) is 38.2. The zero-order valence-corrected chi connectivity index (χ0v) is 29.6. The molecule has 1 saturated heterocycles. The standard InChI is InChI=1S/C38H43N5O9/c1-22(2)29(44)32(31-30(45)33(50-20-19-47-3)36(51-31)43-21-40-28-34(43)41-37(39)42-35(28)46)52-38(23-9-7-6-8-10-23,24-11-15-26(48-4)16-12-24)25-13-17-27(49-5)18-14-25/h6-18,21-22,30-33,36,45H,19-20H2,1-5H3,(H3,39,41,42,46)/t30-,31+,32?,33-,36-/m1/s1. The van der Waals surface area contributed by atoms with Crippen molar-refractivity contribution in [3.63, 3.8) is 0 Å². The lowest BCUT2D eigenvalue weighted by Gasteiger charge is -2.40. The third-order valence-corrected chi connectivity index (χ3v) is 9.20. The van der Waals surface area contributed by atoms with Crippen molar-refractivity contribution in [3.8, 4) is 11.5 Å². The Labute approximate surface area is 300 Å². The summed E-state index contributed by atoms with van der Waals surface area (Å²) in [6, 6.07) is 24.3. The number of carbonyl (C=O) groups excluding carboxylic acids is 1. The highest BCUT2D eigenvalue weighted by Crippen LogP contribution is 2.45. The number of aliphatic hydroxyl groups is 1. The van der Waals surface area contributed by atoms with Crippen molar-refractivity contribution >= 4 is 22.9 Å². The van der Waals surface area contributed by atoms with Gasteiger partial charge in [-0.3, -0.25) is 19.1 Å². The first-order valence-electron chi connectivity index (χ1n) is 16.9. The minimum Gasteiger partial charge on any atom is -0.497 e. The van der Waals surface area contributed by atoms with Crippen molar-refractivity contribution in [2.45, 2.75) is 50.1 Å². The van der Waals surface area contributed by atoms with E-state index in [1.54, 1.807) is 28.1 Å². The number of nitrogens with two attached hydrogens (primary N) is 1. The van der Waals surface area contributed by atoms with Crippen molar-refractivity contribution in [1.29, 1.82) is 0 Å². The fourth-order valence-corrected chi connectivity index (χ4v) is 6.56. The number of carbonyl (C=O) groups is 1. The lowest BCUT2D eigenvalue weighted by Crippen LogP contribution is -2.51. The molecule has 52 heavy (non-hydrogen) atoms. The Bertz CT molecular complexity index is 1970.